The second kappa shape index (κ2) is 6.79. The second-order valence-electron chi connectivity index (χ2n) is 6.32. The van der Waals surface area contributed by atoms with Gasteiger partial charge in [-0.05, 0) is 66.1 Å². The molecular formula is C22H20N2. The summed E-state index contributed by atoms with van der Waals surface area (Å²) in [6.45, 7) is 0. The number of azo groups is 1. The van der Waals surface area contributed by atoms with E-state index in [0.717, 1.165) is 37.1 Å². The van der Waals surface area contributed by atoms with E-state index in [1.807, 2.05) is 30.3 Å². The molecule has 3 aromatic rings. The van der Waals surface area contributed by atoms with Gasteiger partial charge in [0.2, 0.25) is 0 Å². The molecule has 3 aromatic carbocycles. The Hall–Kier alpha value is -2.74. The van der Waals surface area contributed by atoms with Crippen molar-refractivity contribution in [2.75, 3.05) is 0 Å². The molecule has 0 spiro atoms. The van der Waals surface area contributed by atoms with Crippen molar-refractivity contribution in [2.24, 2.45) is 10.2 Å². The van der Waals surface area contributed by atoms with E-state index in [1.165, 1.54) is 22.3 Å². The topological polar surface area (TPSA) is 24.7 Å². The predicted octanol–water partition coefficient (Wildman–Crippen LogP) is 5.99. The fourth-order valence-corrected chi connectivity index (χ4v) is 3.12. The lowest BCUT2D eigenvalue weighted by molar-refractivity contribution is 0.918. The molecule has 0 fully saturated rings. The first-order valence-corrected chi connectivity index (χ1v) is 8.53. The summed E-state index contributed by atoms with van der Waals surface area (Å²) in [5, 5.41) is 8.96. The first-order chi connectivity index (χ1) is 11.9. The molecule has 4 aliphatic carbocycles. The number of aryl methyl sites for hydroxylation is 4. The molecule has 2 heteroatoms. The number of rotatable bonds is 2. The van der Waals surface area contributed by atoms with Crippen LogP contribution >= 0.6 is 0 Å². The molecule has 0 heterocycles. The van der Waals surface area contributed by atoms with E-state index in [9.17, 15) is 0 Å². The van der Waals surface area contributed by atoms with Crippen LogP contribution in [0.3, 0.4) is 0 Å². The Morgan fingerprint density at radius 1 is 0.542 bits per heavy atom. The smallest absolute Gasteiger partial charge is 0.0891 e. The van der Waals surface area contributed by atoms with Crippen molar-refractivity contribution >= 4 is 11.4 Å². The average molecular weight is 312 g/mol. The molecule has 0 saturated heterocycles. The lowest BCUT2D eigenvalue weighted by Gasteiger charge is -2.11. The van der Waals surface area contributed by atoms with Gasteiger partial charge < -0.3 is 0 Å². The quantitative estimate of drug-likeness (QED) is 0.520. The van der Waals surface area contributed by atoms with Gasteiger partial charge in [0.1, 0.15) is 0 Å². The lowest BCUT2D eigenvalue weighted by Crippen LogP contribution is -1.98. The maximum atomic E-state index is 4.55. The van der Waals surface area contributed by atoms with Crippen LogP contribution in [0, 0.1) is 0 Å². The number of hydrogen-bond acceptors (Lipinski definition) is 2. The van der Waals surface area contributed by atoms with Gasteiger partial charge in [-0.3, -0.25) is 0 Å². The summed E-state index contributed by atoms with van der Waals surface area (Å²) in [5.41, 5.74) is 7.27. The van der Waals surface area contributed by atoms with Gasteiger partial charge in [-0.2, -0.15) is 10.2 Å². The summed E-state index contributed by atoms with van der Waals surface area (Å²) in [5.74, 6) is 0. The lowest BCUT2D eigenvalue weighted by atomic mass is 9.96. The van der Waals surface area contributed by atoms with E-state index in [-0.39, 0.29) is 0 Å². The van der Waals surface area contributed by atoms with Gasteiger partial charge in [0.25, 0.3) is 0 Å². The molecule has 2 nitrogen and oxygen atoms in total. The molecule has 0 radical (unpaired) electrons. The highest BCUT2D eigenvalue weighted by Gasteiger charge is 2.07. The molecule has 0 unspecified atom stereocenters. The third kappa shape index (κ3) is 3.43. The number of hydrogen-bond donors (Lipinski definition) is 0. The van der Waals surface area contributed by atoms with E-state index in [4.69, 9.17) is 0 Å². The Morgan fingerprint density at radius 3 is 1.92 bits per heavy atom. The Kier molecular flexibility index (Phi) is 4.20. The minimum absolute atomic E-state index is 0.893. The maximum Gasteiger partial charge on any atom is 0.0891 e. The molecule has 0 N–H and O–H groups in total. The van der Waals surface area contributed by atoms with Crippen LogP contribution in [0.4, 0.5) is 11.4 Å². The highest BCUT2D eigenvalue weighted by atomic mass is 15.1. The maximum absolute atomic E-state index is 4.55. The van der Waals surface area contributed by atoms with Gasteiger partial charge in [0, 0.05) is 0 Å². The number of benzene rings is 3. The van der Waals surface area contributed by atoms with Crippen molar-refractivity contribution in [3.63, 3.8) is 0 Å². The van der Waals surface area contributed by atoms with Gasteiger partial charge in [0.05, 0.1) is 11.4 Å². The summed E-state index contributed by atoms with van der Waals surface area (Å²) in [4.78, 5) is 0. The van der Waals surface area contributed by atoms with Crippen molar-refractivity contribution < 1.29 is 0 Å². The minimum Gasteiger partial charge on any atom is -0.151 e. The molecule has 0 amide bonds. The minimum atomic E-state index is 0.893. The van der Waals surface area contributed by atoms with Crippen LogP contribution in [-0.4, -0.2) is 0 Å². The Balaban J connectivity index is 1.67. The molecule has 7 rings (SSSR count). The van der Waals surface area contributed by atoms with Crippen molar-refractivity contribution in [3.05, 3.63) is 95.1 Å². The summed E-state index contributed by atoms with van der Waals surface area (Å²) in [6.07, 6.45) is 4.12. The van der Waals surface area contributed by atoms with E-state index in [2.05, 4.69) is 52.7 Å². The fourth-order valence-electron chi connectivity index (χ4n) is 3.12. The molecule has 24 heavy (non-hydrogen) atoms. The van der Waals surface area contributed by atoms with Crippen LogP contribution in [0.15, 0.2) is 83.0 Å². The van der Waals surface area contributed by atoms with Crippen LogP contribution in [0.2, 0.25) is 0 Å². The Morgan fingerprint density at radius 2 is 1.17 bits per heavy atom. The Labute approximate surface area is 142 Å². The van der Waals surface area contributed by atoms with Crippen LogP contribution < -0.4 is 0 Å². The van der Waals surface area contributed by atoms with Crippen LogP contribution in [0.1, 0.15) is 22.3 Å². The van der Waals surface area contributed by atoms with Crippen molar-refractivity contribution in [3.8, 4) is 0 Å². The normalized spacial score (nSPS) is 13.8. The number of nitrogens with zero attached hydrogens (tertiary/aromatic N) is 2. The van der Waals surface area contributed by atoms with Gasteiger partial charge in [-0.1, -0.05) is 54.6 Å². The van der Waals surface area contributed by atoms with E-state index >= 15 is 0 Å². The first-order valence-electron chi connectivity index (χ1n) is 8.53. The van der Waals surface area contributed by atoms with Gasteiger partial charge in [-0.25, -0.2) is 0 Å². The highest BCUT2D eigenvalue weighted by molar-refractivity contribution is 5.50. The summed E-state index contributed by atoms with van der Waals surface area (Å²) in [6, 6.07) is 25.6. The second-order valence-corrected chi connectivity index (χ2v) is 6.32. The van der Waals surface area contributed by atoms with Crippen molar-refractivity contribution in [2.45, 2.75) is 25.7 Å². The standard InChI is InChI=1S/C22H20N2/c1-2-4-21(5-3-1)23-24-22-16-19-11-10-17-6-8-18(9-7-17)12-14-20(22)15-13-19/h1-9,13,15-16H,10-12,14H2. The third-order valence-electron chi connectivity index (χ3n) is 4.59. The molecule has 4 aliphatic rings. The molecule has 118 valence electrons. The molecule has 0 saturated carbocycles. The molecule has 0 aliphatic heterocycles. The molecule has 0 atom stereocenters. The monoisotopic (exact) mass is 312 g/mol. The zero-order valence-electron chi connectivity index (χ0n) is 13.7. The first kappa shape index (κ1) is 14.8. The Bertz CT molecular complexity index is 849. The largest absolute Gasteiger partial charge is 0.151 e. The summed E-state index contributed by atoms with van der Waals surface area (Å²) < 4.78 is 0. The van der Waals surface area contributed by atoms with Crippen LogP contribution in [-0.2, 0) is 25.7 Å². The van der Waals surface area contributed by atoms with Crippen molar-refractivity contribution in [1.29, 1.82) is 0 Å². The SMILES string of the molecule is c1ccc(N=Nc2cc3ccc2CCc2ccc(cc2)CC3)cc1. The van der Waals surface area contributed by atoms with Crippen LogP contribution in [0.5, 0.6) is 0 Å². The molecular weight excluding hydrogens is 292 g/mol. The van der Waals surface area contributed by atoms with Gasteiger partial charge in [-0.15, -0.1) is 0 Å². The zero-order chi connectivity index (χ0) is 16.2. The van der Waals surface area contributed by atoms with Gasteiger partial charge >= 0.3 is 0 Å². The third-order valence-corrected chi connectivity index (χ3v) is 4.59. The van der Waals surface area contributed by atoms with E-state index in [0.29, 0.717) is 0 Å². The van der Waals surface area contributed by atoms with E-state index in [1.54, 1.807) is 0 Å². The predicted molar refractivity (Wildman–Crippen MR) is 98.3 cm³/mol. The molecule has 4 bridgehead atoms. The van der Waals surface area contributed by atoms with Crippen molar-refractivity contribution in [1.82, 2.24) is 0 Å². The summed E-state index contributed by atoms with van der Waals surface area (Å²) >= 11 is 0. The van der Waals surface area contributed by atoms with E-state index < -0.39 is 0 Å². The fraction of sp³-hybridized carbons (Fsp3) is 0.182. The van der Waals surface area contributed by atoms with Crippen LogP contribution in [0.25, 0.3) is 0 Å². The molecule has 0 aromatic heterocycles. The van der Waals surface area contributed by atoms with Gasteiger partial charge in [0.15, 0.2) is 0 Å². The highest BCUT2D eigenvalue weighted by Crippen LogP contribution is 2.27. The summed E-state index contributed by atoms with van der Waals surface area (Å²) in [7, 11) is 0. The zero-order valence-corrected chi connectivity index (χ0v) is 13.7. The average Bonchev–Trinajstić information content (AvgIpc) is 2.63.